The van der Waals surface area contributed by atoms with E-state index < -0.39 is 0 Å². The van der Waals surface area contributed by atoms with Crippen LogP contribution < -0.4 is 10.1 Å². The lowest BCUT2D eigenvalue weighted by Gasteiger charge is -2.27. The molecule has 3 aromatic carbocycles. The average Bonchev–Trinajstić information content (AvgIpc) is 3.70. The fourth-order valence-electron chi connectivity index (χ4n) is 6.50. The Hall–Kier alpha value is -4.99. The van der Waals surface area contributed by atoms with Gasteiger partial charge in [0, 0.05) is 49.3 Å². The quantitative estimate of drug-likeness (QED) is 0.165. The Bertz CT molecular complexity index is 1830. The Morgan fingerprint density at radius 2 is 1.70 bits per heavy atom. The number of nitrogens with one attached hydrogen (secondary N) is 1. The van der Waals surface area contributed by atoms with Crippen molar-refractivity contribution in [3.05, 3.63) is 141 Å². The second kappa shape index (κ2) is 13.8. The number of amides is 2. The highest BCUT2D eigenvalue weighted by Gasteiger charge is 2.31. The van der Waals surface area contributed by atoms with Crippen molar-refractivity contribution in [3.8, 4) is 16.9 Å². The summed E-state index contributed by atoms with van der Waals surface area (Å²) in [6.07, 6.45) is 3.93. The van der Waals surface area contributed by atoms with Crippen LogP contribution in [-0.4, -0.2) is 55.5 Å². The number of ether oxygens (including phenoxy) is 3. The molecule has 1 atom stereocenters. The van der Waals surface area contributed by atoms with Crippen molar-refractivity contribution in [2.24, 2.45) is 0 Å². The minimum absolute atomic E-state index is 0.0144. The molecule has 0 spiro atoms. The third kappa shape index (κ3) is 6.50. The molecule has 0 bridgehead atoms. The molecule has 1 unspecified atom stereocenters. The van der Waals surface area contributed by atoms with Gasteiger partial charge in [0.15, 0.2) is 6.79 Å². The first-order valence-electron chi connectivity index (χ1n) is 15.7. The third-order valence-electron chi connectivity index (χ3n) is 8.86. The molecule has 5 aromatic rings. The van der Waals surface area contributed by atoms with Crippen molar-refractivity contribution in [3.63, 3.8) is 0 Å². The zero-order valence-electron chi connectivity index (χ0n) is 26.1. The fourth-order valence-corrected chi connectivity index (χ4v) is 7.58. The number of pyridine rings is 1. The Morgan fingerprint density at radius 3 is 2.40 bits per heavy atom. The van der Waals surface area contributed by atoms with Crippen LogP contribution in [-0.2, 0) is 22.4 Å². The zero-order chi connectivity index (χ0) is 32.2. The van der Waals surface area contributed by atoms with E-state index >= 15 is 0 Å². The highest BCUT2D eigenvalue weighted by Crippen LogP contribution is 2.44. The number of methoxy groups -OCH3 is 1. The van der Waals surface area contributed by atoms with Crippen LogP contribution in [0, 0.1) is 0 Å². The summed E-state index contributed by atoms with van der Waals surface area (Å²) in [5.41, 5.74) is 7.82. The van der Waals surface area contributed by atoms with Crippen LogP contribution in [0.5, 0.6) is 5.75 Å². The number of fused-ring (bicyclic) bond motifs is 4. The maximum absolute atomic E-state index is 13.4. The highest BCUT2D eigenvalue weighted by atomic mass is 32.1. The van der Waals surface area contributed by atoms with Crippen LogP contribution in [0.1, 0.15) is 54.2 Å². The van der Waals surface area contributed by atoms with Gasteiger partial charge in [-0.1, -0.05) is 66.7 Å². The van der Waals surface area contributed by atoms with Gasteiger partial charge in [-0.15, -0.1) is 11.3 Å². The number of rotatable bonds is 10. The van der Waals surface area contributed by atoms with E-state index in [1.807, 2.05) is 72.9 Å². The van der Waals surface area contributed by atoms with E-state index in [1.54, 1.807) is 18.2 Å². The molecule has 47 heavy (non-hydrogen) atoms. The number of benzene rings is 3. The molecular formula is C38H35N3O5S. The summed E-state index contributed by atoms with van der Waals surface area (Å²) < 4.78 is 16.5. The largest absolute Gasteiger partial charge is 0.468 e. The van der Waals surface area contributed by atoms with Gasteiger partial charge in [-0.05, 0) is 69.6 Å². The summed E-state index contributed by atoms with van der Waals surface area (Å²) in [4.78, 5) is 34.5. The number of hydrogen-bond donors (Lipinski definition) is 1. The van der Waals surface area contributed by atoms with E-state index in [1.165, 1.54) is 33.6 Å². The first kappa shape index (κ1) is 30.7. The van der Waals surface area contributed by atoms with Crippen LogP contribution in [0.3, 0.4) is 0 Å². The predicted molar refractivity (Wildman–Crippen MR) is 181 cm³/mol. The van der Waals surface area contributed by atoms with E-state index in [0.717, 1.165) is 21.6 Å². The predicted octanol–water partition coefficient (Wildman–Crippen LogP) is 6.99. The first-order chi connectivity index (χ1) is 23.1. The van der Waals surface area contributed by atoms with Gasteiger partial charge in [0.05, 0.1) is 11.4 Å². The Labute approximate surface area is 277 Å². The van der Waals surface area contributed by atoms with Crippen molar-refractivity contribution in [1.82, 2.24) is 15.2 Å². The number of nitrogens with zero attached hydrogens (tertiary/aromatic N) is 2. The molecule has 1 aliphatic carbocycles. The fraction of sp³-hybridized carbons (Fsp3) is 0.237. The standard InChI is InChI=1S/C38H35N3O5S/c1-44-24-46-28-14-12-25(13-15-28)33(26-7-6-17-39-20-26)21-40-37(42)36-19-27-22-41(18-16-35(27)47-36)38(43)45-23-34-31-10-4-2-8-29(31)30-9-3-5-11-32(30)34/h2-15,17,19-20,33-34H,16,18,21-24H2,1H3,(H,40,42). The summed E-state index contributed by atoms with van der Waals surface area (Å²) in [5, 5.41) is 3.14. The topological polar surface area (TPSA) is 90.0 Å². The number of aromatic nitrogens is 1. The van der Waals surface area contributed by atoms with E-state index in [2.05, 4.69) is 34.6 Å². The molecule has 0 saturated carbocycles. The zero-order valence-corrected chi connectivity index (χ0v) is 26.9. The van der Waals surface area contributed by atoms with E-state index in [4.69, 9.17) is 14.2 Å². The molecule has 2 aromatic heterocycles. The van der Waals surface area contributed by atoms with Crippen LogP contribution in [0.2, 0.25) is 0 Å². The molecule has 238 valence electrons. The van der Waals surface area contributed by atoms with E-state index in [-0.39, 0.29) is 37.2 Å². The Morgan fingerprint density at radius 1 is 0.957 bits per heavy atom. The van der Waals surface area contributed by atoms with Crippen LogP contribution >= 0.6 is 11.3 Å². The van der Waals surface area contributed by atoms with Crippen LogP contribution in [0.25, 0.3) is 11.1 Å². The number of carbonyl (C=O) groups excluding carboxylic acids is 2. The smallest absolute Gasteiger partial charge is 0.410 e. The second-order valence-corrected chi connectivity index (χ2v) is 12.8. The third-order valence-corrected chi connectivity index (χ3v) is 10.1. The summed E-state index contributed by atoms with van der Waals surface area (Å²) in [5.74, 6) is 0.496. The SMILES string of the molecule is COCOc1ccc(C(CNC(=O)c2cc3c(s2)CCN(C(=O)OCC2c4ccccc4-c4ccccc42)C3)c2cccnc2)cc1. The number of hydrogen-bond acceptors (Lipinski definition) is 7. The minimum atomic E-state index is -0.326. The Balaban J connectivity index is 0.984. The molecule has 0 fully saturated rings. The number of thiophene rings is 1. The summed E-state index contributed by atoms with van der Waals surface area (Å²) in [6.45, 7) is 1.84. The molecule has 1 aliphatic heterocycles. The second-order valence-electron chi connectivity index (χ2n) is 11.7. The van der Waals surface area contributed by atoms with Gasteiger partial charge < -0.3 is 24.4 Å². The lowest BCUT2D eigenvalue weighted by atomic mass is 9.92. The monoisotopic (exact) mass is 645 g/mol. The molecule has 2 aliphatic rings. The van der Waals surface area contributed by atoms with Gasteiger partial charge in [-0.25, -0.2) is 4.79 Å². The van der Waals surface area contributed by atoms with E-state index in [0.29, 0.717) is 36.7 Å². The molecule has 9 heteroatoms. The molecular weight excluding hydrogens is 611 g/mol. The van der Waals surface area contributed by atoms with Crippen molar-refractivity contribution in [2.75, 3.05) is 33.6 Å². The average molecular weight is 646 g/mol. The maximum atomic E-state index is 13.4. The molecule has 2 amide bonds. The van der Waals surface area contributed by atoms with Crippen molar-refractivity contribution >= 4 is 23.3 Å². The van der Waals surface area contributed by atoms with Gasteiger partial charge in [-0.2, -0.15) is 0 Å². The molecule has 7 rings (SSSR count). The summed E-state index contributed by atoms with van der Waals surface area (Å²) in [7, 11) is 1.58. The molecule has 8 nitrogen and oxygen atoms in total. The molecule has 0 radical (unpaired) electrons. The molecule has 3 heterocycles. The normalized spacial score (nSPS) is 14.1. The van der Waals surface area contributed by atoms with Crippen LogP contribution in [0.15, 0.2) is 103 Å². The summed E-state index contributed by atoms with van der Waals surface area (Å²) in [6, 6.07) is 30.3. The lowest BCUT2D eigenvalue weighted by molar-refractivity contribution is 0.0511. The molecule has 0 saturated heterocycles. The maximum Gasteiger partial charge on any atom is 0.410 e. The van der Waals surface area contributed by atoms with Gasteiger partial charge in [-0.3, -0.25) is 9.78 Å². The van der Waals surface area contributed by atoms with Crippen LogP contribution in [0.4, 0.5) is 4.79 Å². The minimum Gasteiger partial charge on any atom is -0.468 e. The van der Waals surface area contributed by atoms with Crippen molar-refractivity contribution < 1.29 is 23.8 Å². The van der Waals surface area contributed by atoms with Gasteiger partial charge in [0.1, 0.15) is 12.4 Å². The number of carbonyl (C=O) groups is 2. The van der Waals surface area contributed by atoms with Gasteiger partial charge in [0.2, 0.25) is 0 Å². The highest BCUT2D eigenvalue weighted by molar-refractivity contribution is 7.14. The lowest BCUT2D eigenvalue weighted by Crippen LogP contribution is -2.36. The van der Waals surface area contributed by atoms with Crippen molar-refractivity contribution in [1.29, 1.82) is 0 Å². The van der Waals surface area contributed by atoms with Gasteiger partial charge >= 0.3 is 6.09 Å². The Kier molecular flexibility index (Phi) is 8.99. The molecule has 1 N–H and O–H groups in total. The first-order valence-corrected chi connectivity index (χ1v) is 16.5. The summed E-state index contributed by atoms with van der Waals surface area (Å²) >= 11 is 1.50. The van der Waals surface area contributed by atoms with E-state index in [9.17, 15) is 9.59 Å². The van der Waals surface area contributed by atoms with Crippen molar-refractivity contribution in [2.45, 2.75) is 24.8 Å². The van der Waals surface area contributed by atoms with Gasteiger partial charge in [0.25, 0.3) is 5.91 Å².